The van der Waals surface area contributed by atoms with Gasteiger partial charge in [0.1, 0.15) is 0 Å². The summed E-state index contributed by atoms with van der Waals surface area (Å²) in [5.74, 6) is 0.512. The summed E-state index contributed by atoms with van der Waals surface area (Å²) in [5.41, 5.74) is 0. The Labute approximate surface area is 86.5 Å². The number of ether oxygens (including phenoxy) is 1. The van der Waals surface area contributed by atoms with Gasteiger partial charge in [0.25, 0.3) is 0 Å². The van der Waals surface area contributed by atoms with Crippen LogP contribution in [0, 0.1) is 5.92 Å². The zero-order valence-electron chi connectivity index (χ0n) is 9.38. The van der Waals surface area contributed by atoms with Crippen molar-refractivity contribution in [3.63, 3.8) is 0 Å². The zero-order valence-corrected chi connectivity index (χ0v) is 9.38. The highest BCUT2D eigenvalue weighted by molar-refractivity contribution is 5.87. The normalized spacial score (nSPS) is 12.6. The summed E-state index contributed by atoms with van der Waals surface area (Å²) in [6, 6.07) is 0.0488. The smallest absolute Gasteiger partial charge is 0.243 e. The van der Waals surface area contributed by atoms with Gasteiger partial charge in [-0.1, -0.05) is 20.4 Å². The summed E-state index contributed by atoms with van der Waals surface area (Å²) in [6.45, 7) is 10.9. The first-order chi connectivity index (χ1) is 6.56. The molecule has 0 heterocycles. The Morgan fingerprint density at radius 3 is 2.64 bits per heavy atom. The third-order valence-corrected chi connectivity index (χ3v) is 1.78. The molecule has 0 spiro atoms. The van der Waals surface area contributed by atoms with Crippen molar-refractivity contribution >= 4 is 5.91 Å². The molecular formula is C11H21NO2. The minimum Gasteiger partial charge on any atom is -0.379 e. The summed E-state index contributed by atoms with van der Waals surface area (Å²) >= 11 is 0. The van der Waals surface area contributed by atoms with Crippen molar-refractivity contribution in [1.82, 2.24) is 5.32 Å². The third kappa shape index (κ3) is 7.80. The quantitative estimate of drug-likeness (QED) is 0.501. The molecule has 3 heteroatoms. The second-order valence-electron chi connectivity index (χ2n) is 3.87. The van der Waals surface area contributed by atoms with Crippen LogP contribution in [-0.4, -0.2) is 25.2 Å². The van der Waals surface area contributed by atoms with E-state index in [1.54, 1.807) is 0 Å². The summed E-state index contributed by atoms with van der Waals surface area (Å²) in [5, 5.41) is 2.74. The average molecular weight is 199 g/mol. The van der Waals surface area contributed by atoms with E-state index in [2.05, 4.69) is 25.7 Å². The number of nitrogens with one attached hydrogen (secondary N) is 1. The van der Waals surface area contributed by atoms with Crippen LogP contribution < -0.4 is 5.32 Å². The van der Waals surface area contributed by atoms with Crippen LogP contribution in [-0.2, 0) is 9.53 Å². The Balaban J connectivity index is 3.39. The molecule has 82 valence electrons. The molecule has 0 aliphatic carbocycles. The lowest BCUT2D eigenvalue weighted by molar-refractivity contribution is -0.117. The van der Waals surface area contributed by atoms with Gasteiger partial charge in [-0.25, -0.2) is 0 Å². The van der Waals surface area contributed by atoms with Crippen molar-refractivity contribution in [2.75, 3.05) is 13.2 Å². The van der Waals surface area contributed by atoms with E-state index in [-0.39, 0.29) is 11.9 Å². The molecule has 0 rings (SSSR count). The summed E-state index contributed by atoms with van der Waals surface area (Å²) < 4.78 is 5.40. The molecule has 1 atom stereocenters. The molecule has 0 aromatic heterocycles. The summed E-state index contributed by atoms with van der Waals surface area (Å²) in [7, 11) is 0. The Bertz CT molecular complexity index is 178. The van der Waals surface area contributed by atoms with E-state index in [0.717, 1.165) is 13.0 Å². The second kappa shape index (κ2) is 7.56. The molecule has 0 saturated heterocycles. The monoisotopic (exact) mass is 199 g/mol. The van der Waals surface area contributed by atoms with E-state index < -0.39 is 0 Å². The molecule has 0 aliphatic heterocycles. The van der Waals surface area contributed by atoms with E-state index in [1.807, 2.05) is 6.92 Å². The molecule has 14 heavy (non-hydrogen) atoms. The fourth-order valence-corrected chi connectivity index (χ4v) is 0.923. The number of carbonyl (C=O) groups excluding carboxylic acids is 1. The molecule has 3 nitrogen and oxygen atoms in total. The van der Waals surface area contributed by atoms with Crippen LogP contribution in [0.2, 0.25) is 0 Å². The number of rotatable bonds is 7. The minimum absolute atomic E-state index is 0.0488. The van der Waals surface area contributed by atoms with Gasteiger partial charge < -0.3 is 10.1 Å². The van der Waals surface area contributed by atoms with E-state index in [4.69, 9.17) is 4.74 Å². The first-order valence-corrected chi connectivity index (χ1v) is 5.07. The highest BCUT2D eigenvalue weighted by Gasteiger charge is 2.03. The standard InChI is InChI=1S/C11H21NO2/c1-5-11(13)12-10(4)8-14-7-6-9(2)3/h5,9-10H,1,6-8H2,2-4H3,(H,12,13). The van der Waals surface area contributed by atoms with Crippen molar-refractivity contribution in [2.24, 2.45) is 5.92 Å². The number of hydrogen-bond donors (Lipinski definition) is 1. The lowest BCUT2D eigenvalue weighted by Crippen LogP contribution is -2.34. The maximum Gasteiger partial charge on any atom is 0.243 e. The topological polar surface area (TPSA) is 38.3 Å². The van der Waals surface area contributed by atoms with Crippen molar-refractivity contribution in [2.45, 2.75) is 33.2 Å². The number of amides is 1. The molecule has 0 aliphatic rings. The van der Waals surface area contributed by atoms with Crippen molar-refractivity contribution in [3.8, 4) is 0 Å². The van der Waals surface area contributed by atoms with Crippen molar-refractivity contribution in [3.05, 3.63) is 12.7 Å². The average Bonchev–Trinajstić information content (AvgIpc) is 2.12. The Hall–Kier alpha value is -0.830. The van der Waals surface area contributed by atoms with Crippen LogP contribution in [0.15, 0.2) is 12.7 Å². The van der Waals surface area contributed by atoms with Gasteiger partial charge in [-0.05, 0) is 25.3 Å². The van der Waals surface area contributed by atoms with Gasteiger partial charge in [-0.3, -0.25) is 4.79 Å². The Kier molecular flexibility index (Phi) is 7.11. The van der Waals surface area contributed by atoms with Crippen molar-refractivity contribution < 1.29 is 9.53 Å². The van der Waals surface area contributed by atoms with Crippen LogP contribution in [0.5, 0.6) is 0 Å². The van der Waals surface area contributed by atoms with Crippen LogP contribution in [0.25, 0.3) is 0 Å². The molecule has 0 radical (unpaired) electrons. The van der Waals surface area contributed by atoms with Gasteiger partial charge in [0.2, 0.25) is 5.91 Å². The van der Waals surface area contributed by atoms with Gasteiger partial charge in [-0.2, -0.15) is 0 Å². The van der Waals surface area contributed by atoms with Crippen molar-refractivity contribution in [1.29, 1.82) is 0 Å². The largest absolute Gasteiger partial charge is 0.379 e. The molecule has 0 aromatic carbocycles. The Morgan fingerprint density at radius 1 is 1.50 bits per heavy atom. The first kappa shape index (κ1) is 13.2. The lowest BCUT2D eigenvalue weighted by atomic mass is 10.1. The highest BCUT2D eigenvalue weighted by Crippen LogP contribution is 1.99. The van der Waals surface area contributed by atoms with Gasteiger partial charge >= 0.3 is 0 Å². The predicted molar refractivity (Wildman–Crippen MR) is 58.1 cm³/mol. The molecule has 0 aromatic rings. The molecule has 1 amide bonds. The number of carbonyl (C=O) groups is 1. The lowest BCUT2D eigenvalue weighted by Gasteiger charge is -2.13. The SMILES string of the molecule is C=CC(=O)NC(C)COCCC(C)C. The van der Waals surface area contributed by atoms with Gasteiger partial charge in [0.15, 0.2) is 0 Å². The van der Waals surface area contributed by atoms with Crippen LogP contribution in [0.3, 0.4) is 0 Å². The maximum atomic E-state index is 10.9. The zero-order chi connectivity index (χ0) is 11.0. The van der Waals surface area contributed by atoms with Crippen LogP contribution in [0.1, 0.15) is 27.2 Å². The fraction of sp³-hybridized carbons (Fsp3) is 0.727. The van der Waals surface area contributed by atoms with Crippen LogP contribution >= 0.6 is 0 Å². The predicted octanol–water partition coefficient (Wildman–Crippen LogP) is 1.74. The third-order valence-electron chi connectivity index (χ3n) is 1.78. The number of hydrogen-bond acceptors (Lipinski definition) is 2. The molecule has 1 N–H and O–H groups in total. The minimum atomic E-state index is -0.148. The van der Waals surface area contributed by atoms with E-state index in [9.17, 15) is 4.79 Å². The van der Waals surface area contributed by atoms with Gasteiger partial charge in [-0.15, -0.1) is 0 Å². The van der Waals surface area contributed by atoms with Gasteiger partial charge in [0.05, 0.1) is 6.61 Å². The van der Waals surface area contributed by atoms with E-state index in [1.165, 1.54) is 6.08 Å². The molecular weight excluding hydrogens is 178 g/mol. The van der Waals surface area contributed by atoms with E-state index >= 15 is 0 Å². The van der Waals surface area contributed by atoms with E-state index in [0.29, 0.717) is 12.5 Å². The summed E-state index contributed by atoms with van der Waals surface area (Å²) in [6.07, 6.45) is 2.33. The maximum absolute atomic E-state index is 10.9. The molecule has 1 unspecified atom stereocenters. The summed E-state index contributed by atoms with van der Waals surface area (Å²) in [4.78, 5) is 10.9. The fourth-order valence-electron chi connectivity index (χ4n) is 0.923. The molecule has 0 bridgehead atoms. The van der Waals surface area contributed by atoms with Crippen LogP contribution in [0.4, 0.5) is 0 Å². The highest BCUT2D eigenvalue weighted by atomic mass is 16.5. The van der Waals surface area contributed by atoms with Gasteiger partial charge in [0, 0.05) is 12.6 Å². The first-order valence-electron chi connectivity index (χ1n) is 5.07. The molecule has 0 saturated carbocycles. The second-order valence-corrected chi connectivity index (χ2v) is 3.87. The Morgan fingerprint density at radius 2 is 2.14 bits per heavy atom. The molecule has 0 fully saturated rings.